The summed E-state index contributed by atoms with van der Waals surface area (Å²) >= 11 is 0. The van der Waals surface area contributed by atoms with E-state index in [1.54, 1.807) is 31.3 Å². The van der Waals surface area contributed by atoms with Crippen LogP contribution < -0.4 is 9.64 Å². The van der Waals surface area contributed by atoms with Crippen molar-refractivity contribution in [1.29, 1.82) is 0 Å². The minimum absolute atomic E-state index is 0.0944. The number of ketones is 1. The number of carbonyl (C=O) groups excluding carboxylic acids is 3. The molecule has 0 unspecified atom stereocenters. The summed E-state index contributed by atoms with van der Waals surface area (Å²) in [5, 5.41) is 0. The highest BCUT2D eigenvalue weighted by Crippen LogP contribution is 2.14. The predicted molar refractivity (Wildman–Crippen MR) is 110 cm³/mol. The highest BCUT2D eigenvalue weighted by molar-refractivity contribution is 5.94. The Balaban J connectivity index is 1.76. The van der Waals surface area contributed by atoms with Gasteiger partial charge >= 0.3 is 5.97 Å². The third-order valence-electron chi connectivity index (χ3n) is 4.25. The SMILES string of the molecule is CC(=O)c1cccc(OCC(=O)OCC(=O)N(C)Cc2ccc(N(C)C)cc2)c1. The Morgan fingerprint density at radius 2 is 1.62 bits per heavy atom. The maximum absolute atomic E-state index is 12.2. The molecule has 2 rings (SSSR count). The van der Waals surface area contributed by atoms with Gasteiger partial charge in [-0.2, -0.15) is 0 Å². The maximum Gasteiger partial charge on any atom is 0.344 e. The van der Waals surface area contributed by atoms with Gasteiger partial charge in [0.05, 0.1) is 0 Å². The second kappa shape index (κ2) is 10.3. The number of amides is 1. The Morgan fingerprint density at radius 1 is 0.931 bits per heavy atom. The third-order valence-corrected chi connectivity index (χ3v) is 4.25. The van der Waals surface area contributed by atoms with Gasteiger partial charge in [0.15, 0.2) is 19.0 Å². The number of nitrogens with zero attached hydrogens (tertiary/aromatic N) is 2. The first kappa shape index (κ1) is 21.9. The molecule has 154 valence electrons. The summed E-state index contributed by atoms with van der Waals surface area (Å²) in [5.41, 5.74) is 2.54. The van der Waals surface area contributed by atoms with Gasteiger partial charge in [0.2, 0.25) is 0 Å². The standard InChI is InChI=1S/C22H26N2O5/c1-16(25)18-6-5-7-20(12-18)28-15-22(27)29-14-21(26)24(4)13-17-8-10-19(11-9-17)23(2)3/h5-12H,13-15H2,1-4H3. The molecule has 1 amide bonds. The Bertz CT molecular complexity index is 862. The zero-order valence-electron chi connectivity index (χ0n) is 17.2. The van der Waals surface area contributed by atoms with E-state index < -0.39 is 5.97 Å². The number of benzene rings is 2. The zero-order valence-corrected chi connectivity index (χ0v) is 17.2. The van der Waals surface area contributed by atoms with Gasteiger partial charge in [-0.05, 0) is 36.8 Å². The Labute approximate surface area is 170 Å². The molecule has 0 aliphatic carbocycles. The average Bonchev–Trinajstić information content (AvgIpc) is 2.70. The van der Waals surface area contributed by atoms with E-state index >= 15 is 0 Å². The van der Waals surface area contributed by atoms with Gasteiger partial charge in [0.1, 0.15) is 5.75 Å². The van der Waals surface area contributed by atoms with Crippen molar-refractivity contribution < 1.29 is 23.9 Å². The van der Waals surface area contributed by atoms with Crippen molar-refractivity contribution in [2.75, 3.05) is 39.3 Å². The summed E-state index contributed by atoms with van der Waals surface area (Å²) in [4.78, 5) is 38.9. The van der Waals surface area contributed by atoms with Crippen LogP contribution in [0.2, 0.25) is 0 Å². The number of anilines is 1. The summed E-state index contributed by atoms with van der Waals surface area (Å²) < 4.78 is 10.3. The molecule has 7 heteroatoms. The molecule has 0 aliphatic heterocycles. The Morgan fingerprint density at radius 3 is 2.24 bits per heavy atom. The minimum atomic E-state index is -0.657. The van der Waals surface area contributed by atoms with Crippen molar-refractivity contribution in [2.24, 2.45) is 0 Å². The van der Waals surface area contributed by atoms with Crippen molar-refractivity contribution in [2.45, 2.75) is 13.5 Å². The minimum Gasteiger partial charge on any atom is -0.482 e. The first-order chi connectivity index (χ1) is 13.8. The molecule has 0 N–H and O–H groups in total. The van der Waals surface area contributed by atoms with Crippen molar-refractivity contribution in [3.63, 3.8) is 0 Å². The molecular weight excluding hydrogens is 372 g/mol. The topological polar surface area (TPSA) is 76.2 Å². The highest BCUT2D eigenvalue weighted by Gasteiger charge is 2.13. The van der Waals surface area contributed by atoms with E-state index in [1.165, 1.54) is 11.8 Å². The molecule has 0 heterocycles. The van der Waals surface area contributed by atoms with Gasteiger partial charge < -0.3 is 19.3 Å². The van der Waals surface area contributed by atoms with Gasteiger partial charge in [0.25, 0.3) is 5.91 Å². The van der Waals surface area contributed by atoms with Gasteiger partial charge in [-0.3, -0.25) is 9.59 Å². The number of Topliss-reactive ketones (excluding diaryl/α,β-unsaturated/α-hetero) is 1. The lowest BCUT2D eigenvalue weighted by molar-refractivity contribution is -0.153. The van der Waals surface area contributed by atoms with Crippen LogP contribution in [0.4, 0.5) is 5.69 Å². The van der Waals surface area contributed by atoms with Crippen LogP contribution >= 0.6 is 0 Å². The van der Waals surface area contributed by atoms with Crippen LogP contribution in [0.5, 0.6) is 5.75 Å². The number of likely N-dealkylation sites (N-methyl/N-ethyl adjacent to an activating group) is 1. The van der Waals surface area contributed by atoms with Crippen molar-refractivity contribution >= 4 is 23.3 Å². The lowest BCUT2D eigenvalue weighted by Crippen LogP contribution is -2.31. The molecule has 2 aromatic rings. The number of hydrogen-bond donors (Lipinski definition) is 0. The van der Waals surface area contributed by atoms with Crippen LogP contribution in [0.25, 0.3) is 0 Å². The summed E-state index contributed by atoms with van der Waals surface area (Å²) in [6, 6.07) is 14.4. The highest BCUT2D eigenvalue weighted by atomic mass is 16.6. The number of esters is 1. The first-order valence-electron chi connectivity index (χ1n) is 9.16. The molecule has 0 bridgehead atoms. The van der Waals surface area contributed by atoms with Crippen LogP contribution in [0, 0.1) is 0 Å². The first-order valence-corrected chi connectivity index (χ1v) is 9.16. The summed E-state index contributed by atoms with van der Waals surface area (Å²) in [5.74, 6) is -0.675. The maximum atomic E-state index is 12.2. The van der Waals surface area contributed by atoms with E-state index in [-0.39, 0.29) is 24.9 Å². The molecule has 0 saturated heterocycles. The fraction of sp³-hybridized carbons (Fsp3) is 0.318. The van der Waals surface area contributed by atoms with Crippen molar-refractivity contribution in [1.82, 2.24) is 4.90 Å². The Hall–Kier alpha value is -3.35. The van der Waals surface area contributed by atoms with E-state index in [2.05, 4.69) is 0 Å². The number of rotatable bonds is 9. The van der Waals surface area contributed by atoms with E-state index in [4.69, 9.17) is 9.47 Å². The largest absolute Gasteiger partial charge is 0.482 e. The fourth-order valence-corrected chi connectivity index (χ4v) is 2.50. The quantitative estimate of drug-likeness (QED) is 0.477. The second-order valence-corrected chi connectivity index (χ2v) is 6.84. The molecule has 0 saturated carbocycles. The molecular formula is C22H26N2O5. The molecule has 0 radical (unpaired) electrons. The lowest BCUT2D eigenvalue weighted by Gasteiger charge is -2.18. The summed E-state index contributed by atoms with van der Waals surface area (Å²) in [7, 11) is 5.57. The number of ether oxygens (including phenoxy) is 2. The smallest absolute Gasteiger partial charge is 0.344 e. The fourth-order valence-electron chi connectivity index (χ4n) is 2.50. The van der Waals surface area contributed by atoms with Crippen molar-refractivity contribution in [3.8, 4) is 5.75 Å². The number of hydrogen-bond acceptors (Lipinski definition) is 6. The molecule has 7 nitrogen and oxygen atoms in total. The second-order valence-electron chi connectivity index (χ2n) is 6.84. The van der Waals surface area contributed by atoms with Crippen LogP contribution in [-0.4, -0.2) is 56.9 Å². The molecule has 0 spiro atoms. The van der Waals surface area contributed by atoms with Gasteiger partial charge in [-0.1, -0.05) is 24.3 Å². The van der Waals surface area contributed by atoms with E-state index in [1.807, 2.05) is 43.3 Å². The van der Waals surface area contributed by atoms with Crippen LogP contribution in [-0.2, 0) is 20.9 Å². The predicted octanol–water partition coefficient (Wildman–Crippen LogP) is 2.54. The molecule has 0 fully saturated rings. The summed E-state index contributed by atoms with van der Waals surface area (Å²) in [6.45, 7) is 1.16. The molecule has 2 aromatic carbocycles. The Kier molecular flexibility index (Phi) is 7.77. The van der Waals surface area contributed by atoms with E-state index in [0.717, 1.165) is 11.3 Å². The monoisotopic (exact) mass is 398 g/mol. The number of carbonyl (C=O) groups is 3. The summed E-state index contributed by atoms with van der Waals surface area (Å²) in [6.07, 6.45) is 0. The van der Waals surface area contributed by atoms with Gasteiger partial charge in [-0.25, -0.2) is 4.79 Å². The van der Waals surface area contributed by atoms with Gasteiger partial charge in [-0.15, -0.1) is 0 Å². The van der Waals surface area contributed by atoms with E-state index in [0.29, 0.717) is 17.9 Å². The van der Waals surface area contributed by atoms with Gasteiger partial charge in [0, 0.05) is 38.9 Å². The van der Waals surface area contributed by atoms with Crippen LogP contribution in [0.15, 0.2) is 48.5 Å². The molecule has 0 aliphatic rings. The molecule has 0 aromatic heterocycles. The van der Waals surface area contributed by atoms with Crippen LogP contribution in [0.1, 0.15) is 22.8 Å². The van der Waals surface area contributed by atoms with Crippen molar-refractivity contribution in [3.05, 3.63) is 59.7 Å². The third kappa shape index (κ3) is 6.95. The van der Waals surface area contributed by atoms with E-state index in [9.17, 15) is 14.4 Å². The molecule has 29 heavy (non-hydrogen) atoms. The average molecular weight is 398 g/mol. The van der Waals surface area contributed by atoms with Crippen LogP contribution in [0.3, 0.4) is 0 Å². The zero-order chi connectivity index (χ0) is 21.4. The lowest BCUT2D eigenvalue weighted by atomic mass is 10.1. The normalized spacial score (nSPS) is 10.2. The molecule has 0 atom stereocenters.